The van der Waals surface area contributed by atoms with Gasteiger partial charge in [0.1, 0.15) is 11.5 Å². The molecule has 0 aliphatic carbocycles. The maximum atomic E-state index is 5.25. The summed E-state index contributed by atoms with van der Waals surface area (Å²) >= 11 is 2.02. The first kappa shape index (κ1) is 16.8. The lowest BCUT2D eigenvalue weighted by atomic mass is 10.0. The fourth-order valence-electron chi connectivity index (χ4n) is 2.33. The smallest absolute Gasteiger partial charge is 0.118 e. The second-order valence-electron chi connectivity index (χ2n) is 5.18. The number of benzene rings is 2. The van der Waals surface area contributed by atoms with Gasteiger partial charge in [-0.2, -0.15) is 11.8 Å². The molecule has 0 amide bonds. The van der Waals surface area contributed by atoms with Crippen molar-refractivity contribution in [3.63, 3.8) is 0 Å². The van der Waals surface area contributed by atoms with E-state index >= 15 is 0 Å². The molecule has 0 bridgehead atoms. The van der Waals surface area contributed by atoms with Crippen LogP contribution in [0.1, 0.15) is 29.7 Å². The predicted molar refractivity (Wildman–Crippen MR) is 95.2 cm³/mol. The Morgan fingerprint density at radius 3 is 1.91 bits per heavy atom. The molecule has 0 aliphatic heterocycles. The van der Waals surface area contributed by atoms with Crippen molar-refractivity contribution in [3.05, 3.63) is 59.7 Å². The van der Waals surface area contributed by atoms with E-state index in [2.05, 4.69) is 31.2 Å². The normalized spacial score (nSPS) is 12.0. The second kappa shape index (κ2) is 8.74. The zero-order valence-electron chi connectivity index (χ0n) is 13.5. The lowest BCUT2D eigenvalue weighted by Crippen LogP contribution is -2.00. The minimum atomic E-state index is 0.472. The highest BCUT2D eigenvalue weighted by atomic mass is 32.2. The molecule has 0 heterocycles. The highest BCUT2D eigenvalue weighted by molar-refractivity contribution is 7.99. The Morgan fingerprint density at radius 2 is 1.41 bits per heavy atom. The van der Waals surface area contributed by atoms with Crippen LogP contribution in [0.5, 0.6) is 11.5 Å². The third-order valence-corrected chi connectivity index (χ3v) is 5.08. The minimum Gasteiger partial charge on any atom is -0.497 e. The van der Waals surface area contributed by atoms with Gasteiger partial charge in [-0.05, 0) is 54.0 Å². The summed E-state index contributed by atoms with van der Waals surface area (Å²) in [5.41, 5.74) is 2.69. The number of ether oxygens (including phenoxy) is 2. The quantitative estimate of drug-likeness (QED) is 0.672. The Morgan fingerprint density at radius 1 is 0.864 bits per heavy atom. The first-order valence-corrected chi connectivity index (χ1v) is 8.70. The number of rotatable bonds is 8. The van der Waals surface area contributed by atoms with Crippen LogP contribution in [-0.4, -0.2) is 20.0 Å². The van der Waals surface area contributed by atoms with E-state index in [1.807, 2.05) is 36.0 Å². The number of thioether (sulfide) groups is 1. The van der Waals surface area contributed by atoms with E-state index < -0.39 is 0 Å². The van der Waals surface area contributed by atoms with E-state index in [-0.39, 0.29) is 0 Å². The zero-order chi connectivity index (χ0) is 15.8. The highest BCUT2D eigenvalue weighted by Gasteiger charge is 2.13. The largest absolute Gasteiger partial charge is 0.497 e. The van der Waals surface area contributed by atoms with Crippen molar-refractivity contribution in [3.8, 4) is 11.5 Å². The molecule has 0 aromatic heterocycles. The number of hydrogen-bond acceptors (Lipinski definition) is 3. The van der Waals surface area contributed by atoms with Gasteiger partial charge >= 0.3 is 0 Å². The third-order valence-electron chi connectivity index (χ3n) is 3.59. The minimum absolute atomic E-state index is 0.472. The molecule has 1 atom stereocenters. The van der Waals surface area contributed by atoms with Crippen LogP contribution < -0.4 is 9.47 Å². The average Bonchev–Trinajstić information content (AvgIpc) is 2.59. The van der Waals surface area contributed by atoms with E-state index in [4.69, 9.17) is 9.47 Å². The van der Waals surface area contributed by atoms with Gasteiger partial charge in [-0.15, -0.1) is 0 Å². The zero-order valence-corrected chi connectivity index (χ0v) is 14.4. The van der Waals surface area contributed by atoms with Crippen molar-refractivity contribution in [1.82, 2.24) is 0 Å². The van der Waals surface area contributed by atoms with Gasteiger partial charge in [-0.1, -0.05) is 31.2 Å². The molecular formula is C19H24O2S. The monoisotopic (exact) mass is 316 g/mol. The molecule has 0 radical (unpaired) electrons. The first-order valence-electron chi connectivity index (χ1n) is 7.65. The Labute approximate surface area is 137 Å². The van der Waals surface area contributed by atoms with Gasteiger partial charge in [-0.3, -0.25) is 0 Å². The van der Waals surface area contributed by atoms with Crippen molar-refractivity contribution in [1.29, 1.82) is 0 Å². The summed E-state index contributed by atoms with van der Waals surface area (Å²) in [7, 11) is 3.40. The van der Waals surface area contributed by atoms with E-state index in [0.29, 0.717) is 5.25 Å². The van der Waals surface area contributed by atoms with Crippen molar-refractivity contribution in [2.45, 2.75) is 25.0 Å². The Hall–Kier alpha value is -1.61. The SMILES string of the molecule is CCCS[C@@H](Cc1ccc(OC)cc1)c1ccc(OC)cc1. The van der Waals surface area contributed by atoms with E-state index in [9.17, 15) is 0 Å². The molecule has 22 heavy (non-hydrogen) atoms. The standard InChI is InChI=1S/C19H24O2S/c1-4-13-22-19(16-7-11-18(21-3)12-8-16)14-15-5-9-17(20-2)10-6-15/h5-12,19H,4,13-14H2,1-3H3/t19-/m0/s1. The van der Waals surface area contributed by atoms with Crippen LogP contribution in [0, 0.1) is 0 Å². The first-order chi connectivity index (χ1) is 10.8. The molecule has 2 aromatic carbocycles. The Kier molecular flexibility index (Phi) is 6.66. The van der Waals surface area contributed by atoms with E-state index in [1.165, 1.54) is 23.3 Å². The van der Waals surface area contributed by atoms with E-state index in [1.54, 1.807) is 14.2 Å². The molecule has 118 valence electrons. The van der Waals surface area contributed by atoms with Crippen molar-refractivity contribution < 1.29 is 9.47 Å². The molecule has 0 saturated heterocycles. The van der Waals surface area contributed by atoms with Crippen LogP contribution in [0.4, 0.5) is 0 Å². The topological polar surface area (TPSA) is 18.5 Å². The van der Waals surface area contributed by atoms with Crippen molar-refractivity contribution >= 4 is 11.8 Å². The maximum Gasteiger partial charge on any atom is 0.118 e. The number of methoxy groups -OCH3 is 2. The van der Waals surface area contributed by atoms with Crippen molar-refractivity contribution in [2.75, 3.05) is 20.0 Å². The molecule has 0 spiro atoms. The van der Waals surface area contributed by atoms with Crippen LogP contribution in [-0.2, 0) is 6.42 Å². The van der Waals surface area contributed by atoms with E-state index in [0.717, 1.165) is 17.9 Å². The third kappa shape index (κ3) is 4.70. The summed E-state index contributed by atoms with van der Waals surface area (Å²) in [5.74, 6) is 2.99. The number of hydrogen-bond donors (Lipinski definition) is 0. The molecule has 0 unspecified atom stereocenters. The maximum absolute atomic E-state index is 5.25. The Bertz CT molecular complexity index is 549. The molecule has 2 aromatic rings. The fraction of sp³-hybridized carbons (Fsp3) is 0.368. The van der Waals surface area contributed by atoms with Crippen LogP contribution >= 0.6 is 11.8 Å². The summed E-state index contributed by atoms with van der Waals surface area (Å²) in [6.07, 6.45) is 2.22. The molecule has 0 aliphatic rings. The van der Waals surface area contributed by atoms with Gasteiger partial charge in [0.15, 0.2) is 0 Å². The van der Waals surface area contributed by atoms with Gasteiger partial charge < -0.3 is 9.47 Å². The summed E-state index contributed by atoms with van der Waals surface area (Å²) in [6.45, 7) is 2.23. The van der Waals surface area contributed by atoms with Gasteiger partial charge in [0.25, 0.3) is 0 Å². The molecule has 2 nitrogen and oxygen atoms in total. The van der Waals surface area contributed by atoms with Gasteiger partial charge in [-0.25, -0.2) is 0 Å². The summed E-state index contributed by atoms with van der Waals surface area (Å²) in [4.78, 5) is 0. The second-order valence-corrected chi connectivity index (χ2v) is 6.50. The van der Waals surface area contributed by atoms with Crippen molar-refractivity contribution in [2.24, 2.45) is 0 Å². The fourth-order valence-corrected chi connectivity index (χ4v) is 3.51. The Balaban J connectivity index is 2.13. The average molecular weight is 316 g/mol. The van der Waals surface area contributed by atoms with Crippen LogP contribution in [0.15, 0.2) is 48.5 Å². The molecule has 3 heteroatoms. The molecule has 0 fully saturated rings. The highest BCUT2D eigenvalue weighted by Crippen LogP contribution is 2.34. The summed E-state index contributed by atoms with van der Waals surface area (Å²) in [5, 5.41) is 0.472. The molecule has 0 saturated carbocycles. The van der Waals surface area contributed by atoms with Crippen LogP contribution in [0.25, 0.3) is 0 Å². The van der Waals surface area contributed by atoms with Gasteiger partial charge in [0.05, 0.1) is 14.2 Å². The van der Waals surface area contributed by atoms with Crippen LogP contribution in [0.2, 0.25) is 0 Å². The lowest BCUT2D eigenvalue weighted by Gasteiger charge is -2.17. The van der Waals surface area contributed by atoms with Gasteiger partial charge in [0, 0.05) is 5.25 Å². The molecule has 2 rings (SSSR count). The predicted octanol–water partition coefficient (Wildman–Crippen LogP) is 5.13. The summed E-state index contributed by atoms with van der Waals surface area (Å²) in [6, 6.07) is 16.8. The molecule has 0 N–H and O–H groups in total. The van der Waals surface area contributed by atoms with Gasteiger partial charge in [0.2, 0.25) is 0 Å². The lowest BCUT2D eigenvalue weighted by molar-refractivity contribution is 0.414. The van der Waals surface area contributed by atoms with Crippen LogP contribution in [0.3, 0.4) is 0 Å². The summed E-state index contributed by atoms with van der Waals surface area (Å²) < 4.78 is 10.5. The molecular weight excluding hydrogens is 292 g/mol.